The first-order chi connectivity index (χ1) is 13.3. The van der Waals surface area contributed by atoms with Crippen molar-refractivity contribution >= 4 is 65.0 Å². The molecule has 0 aliphatic rings. The Morgan fingerprint density at radius 1 is 0.815 bits per heavy atom. The number of benzene rings is 4. The van der Waals surface area contributed by atoms with Crippen molar-refractivity contribution in [3.63, 3.8) is 0 Å². The number of oxazole rings is 1. The fraction of sp³-hybridized carbons (Fsp3) is 0. The van der Waals surface area contributed by atoms with E-state index in [4.69, 9.17) is 21.0 Å². The Morgan fingerprint density at radius 2 is 1.63 bits per heavy atom. The van der Waals surface area contributed by atoms with E-state index in [2.05, 4.69) is 42.5 Å². The van der Waals surface area contributed by atoms with Gasteiger partial charge in [-0.2, -0.15) is 0 Å². The summed E-state index contributed by atoms with van der Waals surface area (Å²) in [5, 5.41) is 5.34. The Bertz CT molecular complexity index is 1490. The van der Waals surface area contributed by atoms with Crippen LogP contribution in [0.4, 0.5) is 0 Å². The van der Waals surface area contributed by atoms with Crippen LogP contribution >= 0.6 is 22.9 Å². The molecular formula is C23H12ClNOS. The fourth-order valence-electron chi connectivity index (χ4n) is 3.64. The molecule has 0 radical (unpaired) electrons. The van der Waals surface area contributed by atoms with Crippen molar-refractivity contribution in [3.8, 4) is 11.5 Å². The molecule has 0 fully saturated rings. The van der Waals surface area contributed by atoms with Crippen LogP contribution in [0.5, 0.6) is 0 Å². The molecule has 27 heavy (non-hydrogen) atoms. The van der Waals surface area contributed by atoms with Crippen LogP contribution in [0.3, 0.4) is 0 Å². The number of rotatable bonds is 1. The zero-order valence-corrected chi connectivity index (χ0v) is 15.6. The number of halogens is 1. The first-order valence-corrected chi connectivity index (χ1v) is 9.87. The van der Waals surface area contributed by atoms with Crippen LogP contribution in [0.25, 0.3) is 53.5 Å². The highest BCUT2D eigenvalue weighted by atomic mass is 35.5. The molecule has 0 N–H and O–H groups in total. The second kappa shape index (κ2) is 5.56. The monoisotopic (exact) mass is 385 g/mol. The molecule has 0 saturated heterocycles. The molecular weight excluding hydrogens is 374 g/mol. The summed E-state index contributed by atoms with van der Waals surface area (Å²) < 4.78 is 8.40. The second-order valence-electron chi connectivity index (χ2n) is 6.59. The van der Waals surface area contributed by atoms with Crippen LogP contribution in [0.15, 0.2) is 77.2 Å². The molecule has 0 spiro atoms. The van der Waals surface area contributed by atoms with Gasteiger partial charge in [0, 0.05) is 21.0 Å². The third-order valence-electron chi connectivity index (χ3n) is 4.97. The third-order valence-corrected chi connectivity index (χ3v) is 6.65. The predicted octanol–water partition coefficient (Wildman–Crippen LogP) is 7.67. The Morgan fingerprint density at radius 3 is 2.56 bits per heavy atom. The number of fused-ring (bicyclic) bond motifs is 5. The molecule has 0 amide bonds. The van der Waals surface area contributed by atoms with Crippen LogP contribution in [0.1, 0.15) is 0 Å². The van der Waals surface area contributed by atoms with E-state index in [-0.39, 0.29) is 0 Å². The van der Waals surface area contributed by atoms with Gasteiger partial charge in [-0.1, -0.05) is 60.1 Å². The van der Waals surface area contributed by atoms with Gasteiger partial charge in [0.25, 0.3) is 0 Å². The van der Waals surface area contributed by atoms with E-state index in [0.717, 1.165) is 32.1 Å². The molecule has 128 valence electrons. The van der Waals surface area contributed by atoms with Gasteiger partial charge in [0.1, 0.15) is 5.52 Å². The van der Waals surface area contributed by atoms with Gasteiger partial charge in [-0.3, -0.25) is 0 Å². The number of thiophene rings is 1. The van der Waals surface area contributed by atoms with Crippen molar-refractivity contribution in [2.45, 2.75) is 0 Å². The van der Waals surface area contributed by atoms with Gasteiger partial charge in [0.15, 0.2) is 5.58 Å². The summed E-state index contributed by atoms with van der Waals surface area (Å²) in [6.07, 6.45) is 0. The molecule has 4 aromatic carbocycles. The van der Waals surface area contributed by atoms with E-state index in [0.29, 0.717) is 10.9 Å². The number of hydrogen-bond acceptors (Lipinski definition) is 3. The highest BCUT2D eigenvalue weighted by Crippen LogP contribution is 2.42. The van der Waals surface area contributed by atoms with Gasteiger partial charge >= 0.3 is 0 Å². The van der Waals surface area contributed by atoms with Crippen LogP contribution < -0.4 is 0 Å². The standard InChI is InChI=1S/C23H12ClNOS/c24-20-21-18(12-17-16-7-3-4-8-19(16)27-22(17)20)26-23(25-21)15-10-9-13-5-1-2-6-14(13)11-15/h1-12H. The molecule has 4 heteroatoms. The van der Waals surface area contributed by atoms with Crippen LogP contribution in [-0.2, 0) is 0 Å². The van der Waals surface area contributed by atoms with Crippen molar-refractivity contribution in [2.75, 3.05) is 0 Å². The number of nitrogens with zero attached hydrogens (tertiary/aromatic N) is 1. The molecule has 0 aliphatic carbocycles. The SMILES string of the molecule is Clc1c2nc(-c3ccc4ccccc4c3)oc2cc2c1sc1ccccc12. The molecule has 0 saturated carbocycles. The lowest BCUT2D eigenvalue weighted by molar-refractivity contribution is 0.620. The lowest BCUT2D eigenvalue weighted by Crippen LogP contribution is -1.78. The van der Waals surface area contributed by atoms with Crippen LogP contribution in [0, 0.1) is 0 Å². The summed E-state index contributed by atoms with van der Waals surface area (Å²) in [6, 6.07) is 24.9. The molecule has 0 aliphatic heterocycles. The van der Waals surface area contributed by atoms with Gasteiger partial charge in [0.2, 0.25) is 5.89 Å². The minimum absolute atomic E-state index is 0.597. The zero-order valence-electron chi connectivity index (χ0n) is 14.1. The average Bonchev–Trinajstić information content (AvgIpc) is 3.30. The van der Waals surface area contributed by atoms with E-state index < -0.39 is 0 Å². The van der Waals surface area contributed by atoms with E-state index in [9.17, 15) is 0 Å². The van der Waals surface area contributed by atoms with Crippen molar-refractivity contribution in [1.29, 1.82) is 0 Å². The van der Waals surface area contributed by atoms with E-state index in [1.54, 1.807) is 11.3 Å². The van der Waals surface area contributed by atoms with E-state index in [1.165, 1.54) is 15.5 Å². The average molecular weight is 386 g/mol. The Balaban J connectivity index is 1.62. The maximum absolute atomic E-state index is 6.73. The van der Waals surface area contributed by atoms with E-state index in [1.807, 2.05) is 30.3 Å². The quantitative estimate of drug-likeness (QED) is 0.290. The Labute approximate surface area is 163 Å². The molecule has 0 bridgehead atoms. The zero-order chi connectivity index (χ0) is 18.0. The Hall–Kier alpha value is -2.88. The smallest absolute Gasteiger partial charge is 0.227 e. The summed E-state index contributed by atoms with van der Waals surface area (Å²) in [6.45, 7) is 0. The van der Waals surface area contributed by atoms with Crippen molar-refractivity contribution in [1.82, 2.24) is 4.98 Å². The molecule has 6 rings (SSSR count). The van der Waals surface area contributed by atoms with E-state index >= 15 is 0 Å². The largest absolute Gasteiger partial charge is 0.436 e. The fourth-order valence-corrected chi connectivity index (χ4v) is 5.12. The highest BCUT2D eigenvalue weighted by molar-refractivity contribution is 7.26. The Kier molecular flexibility index (Phi) is 3.13. The first-order valence-electron chi connectivity index (χ1n) is 8.67. The maximum Gasteiger partial charge on any atom is 0.227 e. The molecule has 2 heterocycles. The second-order valence-corrected chi connectivity index (χ2v) is 8.02. The topological polar surface area (TPSA) is 26.0 Å². The molecule has 2 aromatic heterocycles. The first kappa shape index (κ1) is 15.2. The summed E-state index contributed by atoms with van der Waals surface area (Å²) in [5.74, 6) is 0.597. The van der Waals surface area contributed by atoms with Gasteiger partial charge in [-0.25, -0.2) is 4.98 Å². The lowest BCUT2D eigenvalue weighted by atomic mass is 10.1. The molecule has 2 nitrogen and oxygen atoms in total. The summed E-state index contributed by atoms with van der Waals surface area (Å²) in [5.41, 5.74) is 2.40. The third kappa shape index (κ3) is 2.22. The normalized spacial score (nSPS) is 11.9. The molecule has 0 unspecified atom stereocenters. The predicted molar refractivity (Wildman–Crippen MR) is 115 cm³/mol. The van der Waals surface area contributed by atoms with Gasteiger partial charge in [-0.15, -0.1) is 11.3 Å². The van der Waals surface area contributed by atoms with Gasteiger partial charge in [-0.05, 0) is 35.0 Å². The maximum atomic E-state index is 6.73. The summed E-state index contributed by atoms with van der Waals surface area (Å²) in [7, 11) is 0. The lowest BCUT2D eigenvalue weighted by Gasteiger charge is -1.99. The molecule has 6 aromatic rings. The molecule has 0 atom stereocenters. The van der Waals surface area contributed by atoms with Crippen LogP contribution in [-0.4, -0.2) is 4.98 Å². The van der Waals surface area contributed by atoms with Crippen molar-refractivity contribution < 1.29 is 4.42 Å². The van der Waals surface area contributed by atoms with Gasteiger partial charge < -0.3 is 4.42 Å². The van der Waals surface area contributed by atoms with Crippen LogP contribution in [0.2, 0.25) is 5.02 Å². The van der Waals surface area contributed by atoms with Gasteiger partial charge in [0.05, 0.1) is 9.72 Å². The summed E-state index contributed by atoms with van der Waals surface area (Å²) in [4.78, 5) is 4.72. The minimum Gasteiger partial charge on any atom is -0.436 e. The number of hydrogen-bond donors (Lipinski definition) is 0. The minimum atomic E-state index is 0.597. The summed E-state index contributed by atoms with van der Waals surface area (Å²) >= 11 is 8.43. The van der Waals surface area contributed by atoms with Crippen molar-refractivity contribution in [3.05, 3.63) is 77.8 Å². The van der Waals surface area contributed by atoms with Crippen molar-refractivity contribution in [2.24, 2.45) is 0 Å². The highest BCUT2D eigenvalue weighted by Gasteiger charge is 2.17. The number of aromatic nitrogens is 1.